The molecule has 0 aliphatic rings. The number of halogens is 1. The number of hydrazine groups is 1. The van der Waals surface area contributed by atoms with E-state index in [1.807, 2.05) is 27.8 Å². The van der Waals surface area contributed by atoms with Crippen LogP contribution in [-0.2, 0) is 38.6 Å². The second kappa shape index (κ2) is 29.6. The van der Waals surface area contributed by atoms with E-state index in [4.69, 9.17) is 4.79 Å². The van der Waals surface area contributed by atoms with E-state index < -0.39 is 0 Å². The Morgan fingerprint density at radius 2 is 1.46 bits per heavy atom. The summed E-state index contributed by atoms with van der Waals surface area (Å²) in [5.41, 5.74) is 7.60. The Balaban J connectivity index is 0. The number of primary amides is 1. The molecule has 258 valence electrons. The molecule has 2 aromatic carbocycles. The molecule has 0 aliphatic heterocycles. The Hall–Kier alpha value is -4.13. The smallest absolute Gasteiger partial charge is 0.407 e. The molecule has 11 nitrogen and oxygen atoms in total. The average Bonchev–Trinajstić information content (AvgIpc) is 3.05. The monoisotopic (exact) mass is 646 g/mol. The van der Waals surface area contributed by atoms with Crippen LogP contribution in [0.15, 0.2) is 61.2 Å². The van der Waals surface area contributed by atoms with Crippen molar-refractivity contribution in [1.29, 1.82) is 0 Å². The summed E-state index contributed by atoms with van der Waals surface area (Å²) in [6.07, 6.45) is 4.15. The Bertz CT molecular complexity index is 1090. The molecule has 0 aliphatic carbocycles. The van der Waals surface area contributed by atoms with Crippen LogP contribution in [0.5, 0.6) is 0 Å². The zero-order valence-corrected chi connectivity index (χ0v) is 28.5. The highest BCUT2D eigenvalue weighted by Crippen LogP contribution is 2.09. The largest absolute Gasteiger partial charge is 0.445 e. The lowest BCUT2D eigenvalue weighted by atomic mass is 10.1. The molecule has 0 radical (unpaired) electrons. The summed E-state index contributed by atoms with van der Waals surface area (Å²) in [7, 11) is 3.79. The van der Waals surface area contributed by atoms with Crippen molar-refractivity contribution in [3.8, 4) is 0 Å². The van der Waals surface area contributed by atoms with Crippen molar-refractivity contribution in [3.63, 3.8) is 0 Å². The molecular weight excluding hydrogens is 591 g/mol. The number of likely N-dealkylation sites (N-methyl/N-ethyl adjacent to an activating group) is 2. The highest BCUT2D eigenvalue weighted by Gasteiger charge is 2.15. The van der Waals surface area contributed by atoms with Gasteiger partial charge in [-0.25, -0.2) is 19.2 Å². The Morgan fingerprint density at radius 1 is 0.913 bits per heavy atom. The van der Waals surface area contributed by atoms with Gasteiger partial charge in [-0.3, -0.25) is 9.59 Å². The fraction of sp³-hybridized carbons (Fsp3) is 0.471. The molecule has 0 saturated heterocycles. The van der Waals surface area contributed by atoms with Crippen molar-refractivity contribution >= 4 is 24.7 Å². The molecule has 0 fully saturated rings. The van der Waals surface area contributed by atoms with Gasteiger partial charge in [0, 0.05) is 39.8 Å². The SMILES string of the molecule is C=CCOC(=O)NCCC.CC.CCc1ccc(CN(C)CCNC(=O)CN(C)N(CC=O)Cc2ccc(F)cc2)cc1.NC=O. The summed E-state index contributed by atoms with van der Waals surface area (Å²) < 4.78 is 17.7. The highest BCUT2D eigenvalue weighted by atomic mass is 19.1. The standard InChI is InChI=1S/C24H33FN4O2.C7H13NO2.C2H6.CH3NO/c1-4-20-5-7-21(8-6-20)17-27(2)14-13-26-24(31)19-28(3)29(15-16-30)18-22-9-11-23(25)12-10-22;1-3-5-8-7(9)10-6-4-2;1-2;2-1-3/h5-12,16H,4,13-15,17-19H2,1-3H3,(H,26,31);4H,2-3,5-6H2,1H3,(H,8,9);1-2H3;1H,(H2,2,3). The topological polar surface area (TPSA) is 137 Å². The third-order valence-corrected chi connectivity index (χ3v) is 5.97. The molecule has 4 N–H and O–H groups in total. The third kappa shape index (κ3) is 23.3. The number of amides is 3. The van der Waals surface area contributed by atoms with Crippen LogP contribution in [0.1, 0.15) is 50.8 Å². The third-order valence-electron chi connectivity index (χ3n) is 5.97. The van der Waals surface area contributed by atoms with E-state index in [2.05, 4.69) is 63.8 Å². The molecule has 0 heterocycles. The zero-order chi connectivity index (χ0) is 35.2. The molecular formula is C34H55FN6O5. The molecule has 0 unspecified atom stereocenters. The summed E-state index contributed by atoms with van der Waals surface area (Å²) in [5.74, 6) is -0.417. The molecule has 0 atom stereocenters. The number of aryl methyl sites for hydroxylation is 1. The van der Waals surface area contributed by atoms with Gasteiger partial charge in [0.2, 0.25) is 12.3 Å². The lowest BCUT2D eigenvalue weighted by Crippen LogP contribution is -2.46. The van der Waals surface area contributed by atoms with Gasteiger partial charge in [-0.2, -0.15) is 0 Å². The van der Waals surface area contributed by atoms with Crippen molar-refractivity contribution in [1.82, 2.24) is 25.6 Å². The van der Waals surface area contributed by atoms with Crippen LogP contribution < -0.4 is 16.4 Å². The number of carbonyl (C=O) groups excluding carboxylic acids is 4. The average molecular weight is 647 g/mol. The minimum Gasteiger partial charge on any atom is -0.445 e. The van der Waals surface area contributed by atoms with E-state index in [1.54, 1.807) is 29.2 Å². The molecule has 0 bridgehead atoms. The number of nitrogens with one attached hydrogen (secondary N) is 2. The lowest BCUT2D eigenvalue weighted by molar-refractivity contribution is -0.129. The first-order chi connectivity index (χ1) is 22.1. The van der Waals surface area contributed by atoms with Gasteiger partial charge in [0.25, 0.3) is 0 Å². The fourth-order valence-corrected chi connectivity index (χ4v) is 3.64. The van der Waals surface area contributed by atoms with Crippen molar-refractivity contribution in [3.05, 3.63) is 83.7 Å². The van der Waals surface area contributed by atoms with Gasteiger partial charge in [0.1, 0.15) is 18.7 Å². The van der Waals surface area contributed by atoms with Crippen LogP contribution in [-0.4, -0.2) is 93.0 Å². The van der Waals surface area contributed by atoms with Crippen LogP contribution >= 0.6 is 0 Å². The summed E-state index contributed by atoms with van der Waals surface area (Å²) in [5, 5.41) is 8.96. The number of hydrogen-bond donors (Lipinski definition) is 3. The van der Waals surface area contributed by atoms with E-state index in [0.717, 1.165) is 37.8 Å². The fourth-order valence-electron chi connectivity index (χ4n) is 3.64. The second-order valence-electron chi connectivity index (χ2n) is 9.66. The van der Waals surface area contributed by atoms with E-state index in [9.17, 15) is 18.8 Å². The molecule has 3 amide bonds. The molecule has 0 spiro atoms. The van der Waals surface area contributed by atoms with E-state index in [-0.39, 0.29) is 43.9 Å². The van der Waals surface area contributed by atoms with Crippen LogP contribution in [0, 0.1) is 5.82 Å². The minimum absolute atomic E-state index is 0.113. The number of aldehydes is 1. The van der Waals surface area contributed by atoms with Crippen molar-refractivity contribution in [2.45, 2.75) is 53.6 Å². The number of rotatable bonds is 17. The van der Waals surface area contributed by atoms with Crippen LogP contribution in [0.4, 0.5) is 9.18 Å². The zero-order valence-electron chi connectivity index (χ0n) is 28.5. The van der Waals surface area contributed by atoms with Gasteiger partial charge in [-0.05, 0) is 48.7 Å². The van der Waals surface area contributed by atoms with Gasteiger partial charge in [0.15, 0.2) is 0 Å². The number of nitrogens with zero attached hydrogens (tertiary/aromatic N) is 3. The normalized spacial score (nSPS) is 9.87. The molecule has 0 aromatic heterocycles. The van der Waals surface area contributed by atoms with Crippen molar-refractivity contribution in [2.24, 2.45) is 5.73 Å². The van der Waals surface area contributed by atoms with Crippen molar-refractivity contribution in [2.75, 3.05) is 53.4 Å². The minimum atomic E-state index is -0.373. The lowest BCUT2D eigenvalue weighted by Gasteiger charge is -2.30. The predicted octanol–water partition coefficient (Wildman–Crippen LogP) is 3.92. The van der Waals surface area contributed by atoms with Crippen LogP contribution in [0.2, 0.25) is 0 Å². The summed E-state index contributed by atoms with van der Waals surface area (Å²) >= 11 is 0. The van der Waals surface area contributed by atoms with Gasteiger partial charge in [0.05, 0.1) is 13.1 Å². The number of carbonyl (C=O) groups is 4. The highest BCUT2D eigenvalue weighted by molar-refractivity contribution is 5.77. The van der Waals surface area contributed by atoms with Crippen molar-refractivity contribution < 1.29 is 28.3 Å². The second-order valence-corrected chi connectivity index (χ2v) is 9.66. The first kappa shape index (κ1) is 44.0. The number of hydrogen-bond acceptors (Lipinski definition) is 8. The summed E-state index contributed by atoms with van der Waals surface area (Å²) in [6.45, 7) is 15.3. The molecule has 2 rings (SSSR count). The maximum Gasteiger partial charge on any atom is 0.407 e. The van der Waals surface area contributed by atoms with Gasteiger partial charge in [-0.15, -0.1) is 0 Å². The molecule has 12 heteroatoms. The number of alkyl carbamates (subject to hydrolysis) is 1. The molecule has 46 heavy (non-hydrogen) atoms. The first-order valence-electron chi connectivity index (χ1n) is 15.5. The van der Waals surface area contributed by atoms with E-state index in [0.29, 0.717) is 19.6 Å². The number of ether oxygens (including phenoxy) is 1. The van der Waals surface area contributed by atoms with Crippen LogP contribution in [0.3, 0.4) is 0 Å². The van der Waals surface area contributed by atoms with Crippen LogP contribution in [0.25, 0.3) is 0 Å². The van der Waals surface area contributed by atoms with E-state index in [1.165, 1.54) is 29.3 Å². The quantitative estimate of drug-likeness (QED) is 0.134. The predicted molar refractivity (Wildman–Crippen MR) is 182 cm³/mol. The maximum absolute atomic E-state index is 13.1. The Kier molecular flexibility index (Phi) is 28.3. The summed E-state index contributed by atoms with van der Waals surface area (Å²) in [4.78, 5) is 44.7. The Labute approximate surface area is 274 Å². The van der Waals surface area contributed by atoms with Gasteiger partial charge in [-0.1, -0.05) is 76.7 Å². The summed E-state index contributed by atoms with van der Waals surface area (Å²) in [6, 6.07) is 14.7. The van der Waals surface area contributed by atoms with Gasteiger partial charge >= 0.3 is 6.09 Å². The van der Waals surface area contributed by atoms with Gasteiger partial charge < -0.3 is 30.8 Å². The number of nitrogens with two attached hydrogens (primary N) is 1. The Morgan fingerprint density at radius 3 is 1.98 bits per heavy atom. The molecule has 0 saturated carbocycles. The number of benzene rings is 2. The maximum atomic E-state index is 13.1. The first-order valence-corrected chi connectivity index (χ1v) is 15.5. The van der Waals surface area contributed by atoms with E-state index >= 15 is 0 Å². The molecule has 2 aromatic rings.